The van der Waals surface area contributed by atoms with Gasteiger partial charge in [-0.15, -0.1) is 0 Å². The third-order valence-electron chi connectivity index (χ3n) is 2.26. The molecule has 0 unspecified atom stereocenters. The fourth-order valence-corrected chi connectivity index (χ4v) is 1.32. The van der Waals surface area contributed by atoms with Crippen molar-refractivity contribution in [3.8, 4) is 0 Å². The zero-order valence-corrected chi connectivity index (χ0v) is 7.12. The molecule has 12 heavy (non-hydrogen) atoms. The van der Waals surface area contributed by atoms with Crippen LogP contribution in [-0.4, -0.2) is 24.0 Å². The lowest BCUT2D eigenvalue weighted by Crippen LogP contribution is -2.35. The van der Waals surface area contributed by atoms with Crippen LogP contribution in [0.5, 0.6) is 0 Å². The average Bonchev–Trinajstić information content (AvgIpc) is 2.74. The Bertz CT molecular complexity index is 203. The van der Waals surface area contributed by atoms with Crippen molar-refractivity contribution in [3.63, 3.8) is 0 Å². The van der Waals surface area contributed by atoms with Crippen LogP contribution in [0.25, 0.3) is 0 Å². The summed E-state index contributed by atoms with van der Waals surface area (Å²) >= 11 is 0. The van der Waals surface area contributed by atoms with Gasteiger partial charge >= 0.3 is 0 Å². The molecule has 0 aromatic heterocycles. The summed E-state index contributed by atoms with van der Waals surface area (Å²) in [5.41, 5.74) is 3.03. The molecule has 1 heterocycles. The van der Waals surface area contributed by atoms with Crippen LogP contribution in [0.15, 0.2) is 12.2 Å². The molecule has 0 radical (unpaired) electrons. The summed E-state index contributed by atoms with van der Waals surface area (Å²) in [5, 5.41) is 1.69. The predicted molar refractivity (Wildman–Crippen MR) is 46.2 cm³/mol. The Morgan fingerprint density at radius 3 is 2.92 bits per heavy atom. The highest BCUT2D eigenvalue weighted by Gasteiger charge is 2.19. The number of carbonyl (C=O) groups excluding carboxylic acids is 1. The number of hydrogen-bond acceptors (Lipinski definition) is 2. The van der Waals surface area contributed by atoms with Crippen molar-refractivity contribution in [3.05, 3.63) is 12.2 Å². The molecule has 2 fully saturated rings. The van der Waals surface area contributed by atoms with Gasteiger partial charge in [-0.05, 0) is 25.2 Å². The fraction of sp³-hybridized carbons (Fsp3) is 0.667. The van der Waals surface area contributed by atoms with Gasteiger partial charge in [0.15, 0.2) is 0 Å². The molecule has 1 saturated carbocycles. The molecular formula is C9H14N2O. The van der Waals surface area contributed by atoms with Crippen molar-refractivity contribution in [1.82, 2.24) is 10.4 Å². The van der Waals surface area contributed by atoms with E-state index in [9.17, 15) is 4.79 Å². The first-order valence-corrected chi connectivity index (χ1v) is 4.59. The first-order valence-electron chi connectivity index (χ1n) is 4.59. The lowest BCUT2D eigenvalue weighted by atomic mass is 10.3. The van der Waals surface area contributed by atoms with Crippen molar-refractivity contribution in [1.29, 1.82) is 0 Å². The minimum atomic E-state index is 0.111. The summed E-state index contributed by atoms with van der Waals surface area (Å²) in [4.78, 5) is 11.4. The van der Waals surface area contributed by atoms with Crippen molar-refractivity contribution < 1.29 is 4.79 Å². The van der Waals surface area contributed by atoms with E-state index in [0.29, 0.717) is 5.92 Å². The number of nitrogens with zero attached hydrogens (tertiary/aromatic N) is 1. The third kappa shape index (κ3) is 1.85. The zero-order valence-electron chi connectivity index (χ0n) is 7.12. The molecule has 3 heteroatoms. The highest BCUT2D eigenvalue weighted by molar-refractivity contribution is 5.87. The molecule has 0 bridgehead atoms. The number of allylic oxidation sites excluding steroid dienone is 1. The average molecular weight is 166 g/mol. The van der Waals surface area contributed by atoms with E-state index in [1.165, 1.54) is 12.8 Å². The minimum Gasteiger partial charge on any atom is -0.274 e. The van der Waals surface area contributed by atoms with Crippen molar-refractivity contribution in [2.75, 3.05) is 13.1 Å². The van der Waals surface area contributed by atoms with Crippen molar-refractivity contribution >= 4 is 5.91 Å². The number of hydrazine groups is 1. The van der Waals surface area contributed by atoms with Gasteiger partial charge in [-0.3, -0.25) is 9.80 Å². The second-order valence-corrected chi connectivity index (χ2v) is 3.45. The Morgan fingerprint density at radius 1 is 1.50 bits per heavy atom. The Balaban J connectivity index is 1.81. The zero-order chi connectivity index (χ0) is 8.39. The van der Waals surface area contributed by atoms with Crippen LogP contribution < -0.4 is 5.43 Å². The van der Waals surface area contributed by atoms with Gasteiger partial charge in [-0.25, -0.2) is 5.43 Å². The van der Waals surface area contributed by atoms with E-state index in [0.717, 1.165) is 19.5 Å². The maximum Gasteiger partial charge on any atom is 0.260 e. The molecule has 1 saturated heterocycles. The van der Waals surface area contributed by atoms with Crippen LogP contribution in [0.1, 0.15) is 19.3 Å². The highest BCUT2D eigenvalue weighted by Crippen LogP contribution is 2.29. The van der Waals surface area contributed by atoms with E-state index in [1.807, 2.05) is 6.08 Å². The normalized spacial score (nSPS) is 23.8. The summed E-state index contributed by atoms with van der Waals surface area (Å²) in [6.45, 7) is 1.79. The molecule has 1 aliphatic carbocycles. The summed E-state index contributed by atoms with van der Waals surface area (Å²) < 4.78 is 0. The van der Waals surface area contributed by atoms with E-state index in [2.05, 4.69) is 5.43 Å². The second kappa shape index (κ2) is 3.27. The smallest absolute Gasteiger partial charge is 0.260 e. The largest absolute Gasteiger partial charge is 0.274 e. The number of hydrogen-bond donors (Lipinski definition) is 1. The van der Waals surface area contributed by atoms with Gasteiger partial charge in [0.25, 0.3) is 5.91 Å². The Hall–Kier alpha value is -0.830. The first kappa shape index (κ1) is 7.80. The molecule has 0 spiro atoms. The molecule has 66 valence electrons. The van der Waals surface area contributed by atoms with E-state index >= 15 is 0 Å². The maximum atomic E-state index is 11.4. The standard InChI is InChI=1S/C9H14N2O/c12-9(5-4-8-2-3-8)11-7-1-6-10-11/h4-5,8,10H,1-3,6-7H2/b5-4+. The molecule has 0 aromatic carbocycles. The highest BCUT2D eigenvalue weighted by atomic mass is 16.2. The Labute approximate surface area is 72.4 Å². The summed E-state index contributed by atoms with van der Waals surface area (Å²) in [6, 6.07) is 0. The molecule has 0 atom stereocenters. The van der Waals surface area contributed by atoms with Gasteiger partial charge in [0.2, 0.25) is 0 Å². The van der Waals surface area contributed by atoms with Crippen molar-refractivity contribution in [2.45, 2.75) is 19.3 Å². The Morgan fingerprint density at radius 2 is 2.33 bits per heavy atom. The fourth-order valence-electron chi connectivity index (χ4n) is 1.32. The van der Waals surface area contributed by atoms with Crippen LogP contribution in [0.3, 0.4) is 0 Å². The van der Waals surface area contributed by atoms with Gasteiger partial charge in [0, 0.05) is 19.2 Å². The molecule has 2 aliphatic rings. The van der Waals surface area contributed by atoms with Crippen LogP contribution >= 0.6 is 0 Å². The number of nitrogens with one attached hydrogen (secondary N) is 1. The van der Waals surface area contributed by atoms with Crippen LogP contribution in [-0.2, 0) is 4.79 Å². The third-order valence-corrected chi connectivity index (χ3v) is 2.26. The number of carbonyl (C=O) groups is 1. The molecule has 3 nitrogen and oxygen atoms in total. The van der Waals surface area contributed by atoms with Crippen LogP contribution in [0.2, 0.25) is 0 Å². The summed E-state index contributed by atoms with van der Waals surface area (Å²) in [7, 11) is 0. The lowest BCUT2D eigenvalue weighted by molar-refractivity contribution is -0.127. The molecule has 1 amide bonds. The van der Waals surface area contributed by atoms with E-state index in [1.54, 1.807) is 11.1 Å². The Kier molecular flexibility index (Phi) is 2.13. The number of amides is 1. The lowest BCUT2D eigenvalue weighted by Gasteiger charge is -2.11. The van der Waals surface area contributed by atoms with Crippen LogP contribution in [0.4, 0.5) is 0 Å². The summed E-state index contributed by atoms with van der Waals surface area (Å²) in [5.74, 6) is 0.802. The maximum absolute atomic E-state index is 11.4. The van der Waals surface area contributed by atoms with Gasteiger partial charge in [0.1, 0.15) is 0 Å². The SMILES string of the molecule is O=C(/C=C/C1CC1)N1CCCN1. The predicted octanol–water partition coefficient (Wildman–Crippen LogP) is 0.690. The monoisotopic (exact) mass is 166 g/mol. The van der Waals surface area contributed by atoms with E-state index in [-0.39, 0.29) is 5.91 Å². The van der Waals surface area contributed by atoms with Gasteiger partial charge in [0.05, 0.1) is 0 Å². The topological polar surface area (TPSA) is 32.3 Å². The first-order chi connectivity index (χ1) is 5.86. The van der Waals surface area contributed by atoms with Crippen LogP contribution in [0, 0.1) is 5.92 Å². The van der Waals surface area contributed by atoms with Gasteiger partial charge < -0.3 is 0 Å². The van der Waals surface area contributed by atoms with Gasteiger partial charge in [-0.1, -0.05) is 6.08 Å². The number of rotatable bonds is 2. The van der Waals surface area contributed by atoms with Gasteiger partial charge in [-0.2, -0.15) is 0 Å². The second-order valence-electron chi connectivity index (χ2n) is 3.45. The van der Waals surface area contributed by atoms with Crippen molar-refractivity contribution in [2.24, 2.45) is 5.92 Å². The van der Waals surface area contributed by atoms with E-state index < -0.39 is 0 Å². The van der Waals surface area contributed by atoms with E-state index in [4.69, 9.17) is 0 Å². The summed E-state index contributed by atoms with van der Waals surface area (Å²) in [6.07, 6.45) is 7.33. The molecular weight excluding hydrogens is 152 g/mol. The minimum absolute atomic E-state index is 0.111. The molecule has 0 aromatic rings. The molecule has 1 N–H and O–H groups in total. The quantitative estimate of drug-likeness (QED) is 0.612. The molecule has 1 aliphatic heterocycles. The molecule has 2 rings (SSSR count).